The number of hydrogen-bond acceptors (Lipinski definition) is 3. The maximum absolute atomic E-state index is 13.9. The Morgan fingerprint density at radius 1 is 1.45 bits per heavy atom. The Balaban J connectivity index is 2.67. The normalized spacial score (nSPS) is 11.1. The van der Waals surface area contributed by atoms with Gasteiger partial charge in [-0.15, -0.1) is 0 Å². The molecule has 0 atom stereocenters. The largest absolute Gasteiger partial charge is 0.497 e. The zero-order chi connectivity index (χ0) is 15.1. The highest BCUT2D eigenvalue weighted by Crippen LogP contribution is 2.18. The Hall–Kier alpha value is -1.62. The molecule has 0 amide bonds. The lowest BCUT2D eigenvalue weighted by molar-refractivity contribution is -0.137. The Morgan fingerprint density at radius 3 is 2.65 bits per heavy atom. The minimum Gasteiger partial charge on any atom is -0.497 e. The van der Waals surface area contributed by atoms with Crippen LogP contribution in [0.5, 0.6) is 5.75 Å². The van der Waals surface area contributed by atoms with E-state index in [9.17, 15) is 9.18 Å². The fourth-order valence-corrected chi connectivity index (χ4v) is 1.96. The third-order valence-electron chi connectivity index (χ3n) is 3.20. The van der Waals surface area contributed by atoms with Crippen molar-refractivity contribution in [1.82, 2.24) is 4.90 Å². The van der Waals surface area contributed by atoms with Gasteiger partial charge in [-0.1, -0.05) is 6.07 Å². The average molecular weight is 283 g/mol. The second kappa shape index (κ2) is 7.85. The highest BCUT2D eigenvalue weighted by Gasteiger charge is 2.13. The van der Waals surface area contributed by atoms with Gasteiger partial charge < -0.3 is 9.84 Å². The zero-order valence-corrected chi connectivity index (χ0v) is 12.2. The van der Waals surface area contributed by atoms with Crippen LogP contribution in [0.1, 0.15) is 32.3 Å². The number of hydrogen-bond donors (Lipinski definition) is 1. The Morgan fingerprint density at radius 2 is 2.15 bits per heavy atom. The molecule has 1 aromatic carbocycles. The van der Waals surface area contributed by atoms with E-state index in [2.05, 4.69) is 4.90 Å². The molecule has 112 valence electrons. The van der Waals surface area contributed by atoms with Crippen molar-refractivity contribution in [1.29, 1.82) is 0 Å². The van der Waals surface area contributed by atoms with Crippen LogP contribution in [0.2, 0.25) is 0 Å². The highest BCUT2D eigenvalue weighted by atomic mass is 19.1. The van der Waals surface area contributed by atoms with Crippen molar-refractivity contribution < 1.29 is 19.0 Å². The Labute approximate surface area is 119 Å². The number of carboxylic acids is 1. The predicted octanol–water partition coefficient (Wildman–Crippen LogP) is 2.91. The molecule has 0 radical (unpaired) electrons. The van der Waals surface area contributed by atoms with E-state index >= 15 is 0 Å². The molecule has 0 aliphatic carbocycles. The highest BCUT2D eigenvalue weighted by molar-refractivity contribution is 5.66. The lowest BCUT2D eigenvalue weighted by Gasteiger charge is -2.26. The van der Waals surface area contributed by atoms with Gasteiger partial charge in [0, 0.05) is 30.6 Å². The molecule has 1 N–H and O–H groups in total. The topological polar surface area (TPSA) is 49.8 Å². The second-order valence-corrected chi connectivity index (χ2v) is 5.02. The van der Waals surface area contributed by atoms with Gasteiger partial charge in [-0.05, 0) is 32.9 Å². The van der Waals surface area contributed by atoms with Crippen molar-refractivity contribution in [2.75, 3.05) is 13.7 Å². The first-order valence-electron chi connectivity index (χ1n) is 6.72. The van der Waals surface area contributed by atoms with E-state index < -0.39 is 5.97 Å². The van der Waals surface area contributed by atoms with E-state index in [1.54, 1.807) is 12.1 Å². The summed E-state index contributed by atoms with van der Waals surface area (Å²) in [6.45, 7) is 5.13. The maximum atomic E-state index is 13.9. The van der Waals surface area contributed by atoms with Crippen LogP contribution in [0.15, 0.2) is 18.2 Å². The summed E-state index contributed by atoms with van der Waals surface area (Å²) in [6, 6.07) is 5.03. The van der Waals surface area contributed by atoms with Crippen LogP contribution in [0.3, 0.4) is 0 Å². The minimum absolute atomic E-state index is 0.133. The van der Waals surface area contributed by atoms with Crippen molar-refractivity contribution in [2.45, 2.75) is 39.3 Å². The molecule has 20 heavy (non-hydrogen) atoms. The molecule has 0 aromatic heterocycles. The van der Waals surface area contributed by atoms with Crippen molar-refractivity contribution in [2.24, 2.45) is 0 Å². The summed E-state index contributed by atoms with van der Waals surface area (Å²) in [6.07, 6.45) is 0.694. The van der Waals surface area contributed by atoms with Gasteiger partial charge in [0.15, 0.2) is 0 Å². The number of benzene rings is 1. The molecule has 0 bridgehead atoms. The molecule has 0 heterocycles. The first kappa shape index (κ1) is 16.4. The van der Waals surface area contributed by atoms with Gasteiger partial charge in [-0.2, -0.15) is 0 Å². The molecule has 0 fully saturated rings. The minimum atomic E-state index is -0.802. The third-order valence-corrected chi connectivity index (χ3v) is 3.20. The molecule has 4 nitrogen and oxygen atoms in total. The van der Waals surface area contributed by atoms with Gasteiger partial charge in [0.1, 0.15) is 11.6 Å². The van der Waals surface area contributed by atoms with Crippen LogP contribution in [0, 0.1) is 5.82 Å². The number of rotatable bonds is 8. The lowest BCUT2D eigenvalue weighted by atomic mass is 10.1. The molecule has 1 aromatic rings. The number of methoxy groups -OCH3 is 1. The van der Waals surface area contributed by atoms with Gasteiger partial charge >= 0.3 is 5.97 Å². The van der Waals surface area contributed by atoms with E-state index in [1.807, 2.05) is 13.8 Å². The van der Waals surface area contributed by atoms with Crippen LogP contribution < -0.4 is 4.74 Å². The van der Waals surface area contributed by atoms with Gasteiger partial charge in [0.25, 0.3) is 0 Å². The average Bonchev–Trinajstić information content (AvgIpc) is 2.38. The van der Waals surface area contributed by atoms with Gasteiger partial charge in [0.2, 0.25) is 0 Å². The number of ether oxygens (including phenoxy) is 1. The van der Waals surface area contributed by atoms with Crippen LogP contribution in [0.4, 0.5) is 4.39 Å². The van der Waals surface area contributed by atoms with Crippen LogP contribution in [-0.4, -0.2) is 35.7 Å². The molecule has 5 heteroatoms. The van der Waals surface area contributed by atoms with Crippen molar-refractivity contribution in [3.05, 3.63) is 29.6 Å². The van der Waals surface area contributed by atoms with Crippen molar-refractivity contribution in [3.63, 3.8) is 0 Å². The first-order chi connectivity index (χ1) is 9.43. The number of carboxylic acid groups (broad SMARTS) is 1. The molecular weight excluding hydrogens is 261 g/mol. The summed E-state index contributed by atoms with van der Waals surface area (Å²) in [5, 5.41) is 8.66. The quantitative estimate of drug-likeness (QED) is 0.797. The fourth-order valence-electron chi connectivity index (χ4n) is 1.96. The molecule has 0 saturated carbocycles. The first-order valence-corrected chi connectivity index (χ1v) is 6.72. The molecule has 1 rings (SSSR count). The van der Waals surface area contributed by atoms with Gasteiger partial charge in [0.05, 0.1) is 7.11 Å². The molecular formula is C15H22FNO3. The molecule has 0 aliphatic rings. The summed E-state index contributed by atoms with van der Waals surface area (Å²) in [5.41, 5.74) is 0.592. The second-order valence-electron chi connectivity index (χ2n) is 5.02. The third kappa shape index (κ3) is 5.17. The molecule has 0 spiro atoms. The number of carbonyl (C=O) groups is 1. The SMILES string of the molecule is COc1ccc(CN(CCCC(=O)O)C(C)C)c(F)c1. The van der Waals surface area contributed by atoms with Crippen LogP contribution >= 0.6 is 0 Å². The van der Waals surface area contributed by atoms with E-state index in [4.69, 9.17) is 9.84 Å². The molecule has 0 aliphatic heterocycles. The number of halogens is 1. The standard InChI is InChI=1S/C15H22FNO3/c1-11(2)17(8-4-5-15(18)19)10-12-6-7-13(20-3)9-14(12)16/h6-7,9,11H,4-5,8,10H2,1-3H3,(H,18,19). The summed E-state index contributed by atoms with van der Waals surface area (Å²) in [7, 11) is 1.50. The number of nitrogens with zero attached hydrogens (tertiary/aromatic N) is 1. The van der Waals surface area contributed by atoms with Crippen molar-refractivity contribution in [3.8, 4) is 5.75 Å². The smallest absolute Gasteiger partial charge is 0.303 e. The predicted molar refractivity (Wildman–Crippen MR) is 75.4 cm³/mol. The van der Waals surface area contributed by atoms with Crippen LogP contribution in [-0.2, 0) is 11.3 Å². The summed E-state index contributed by atoms with van der Waals surface area (Å²) < 4.78 is 18.9. The number of aliphatic carboxylic acids is 1. The summed E-state index contributed by atoms with van der Waals surface area (Å²) in [4.78, 5) is 12.6. The Kier molecular flexibility index (Phi) is 6.45. The van der Waals surface area contributed by atoms with Crippen LogP contribution in [0.25, 0.3) is 0 Å². The monoisotopic (exact) mass is 283 g/mol. The van der Waals surface area contributed by atoms with Gasteiger partial charge in [-0.3, -0.25) is 9.69 Å². The fraction of sp³-hybridized carbons (Fsp3) is 0.533. The van der Waals surface area contributed by atoms with E-state index in [1.165, 1.54) is 13.2 Å². The van der Waals surface area contributed by atoms with E-state index in [0.717, 1.165) is 0 Å². The van der Waals surface area contributed by atoms with E-state index in [-0.39, 0.29) is 18.3 Å². The molecule has 0 saturated heterocycles. The lowest BCUT2D eigenvalue weighted by Crippen LogP contribution is -2.32. The van der Waals surface area contributed by atoms with Crippen molar-refractivity contribution >= 4 is 5.97 Å². The summed E-state index contributed by atoms with van der Waals surface area (Å²) in [5.74, 6) is -0.606. The van der Waals surface area contributed by atoms with E-state index in [0.29, 0.717) is 30.8 Å². The Bertz CT molecular complexity index is 449. The summed E-state index contributed by atoms with van der Waals surface area (Å²) >= 11 is 0. The van der Waals surface area contributed by atoms with Gasteiger partial charge in [-0.25, -0.2) is 4.39 Å². The maximum Gasteiger partial charge on any atom is 0.303 e. The zero-order valence-electron chi connectivity index (χ0n) is 12.2. The molecule has 0 unspecified atom stereocenters.